The van der Waals surface area contributed by atoms with E-state index in [4.69, 9.17) is 0 Å². The van der Waals surface area contributed by atoms with E-state index in [0.29, 0.717) is 4.90 Å². The van der Waals surface area contributed by atoms with Crippen LogP contribution in [0.3, 0.4) is 0 Å². The number of hydrogen-bond donors (Lipinski definition) is 1. The molecule has 0 aromatic heterocycles. The van der Waals surface area contributed by atoms with Crippen LogP contribution in [0.15, 0.2) is 70.5 Å². The van der Waals surface area contributed by atoms with Crippen molar-refractivity contribution in [2.45, 2.75) is 46.8 Å². The Hall–Kier alpha value is -1.30. The van der Waals surface area contributed by atoms with Crippen molar-refractivity contribution in [2.24, 2.45) is 0 Å². The Morgan fingerprint density at radius 2 is 1.48 bits per heavy atom. The third kappa shape index (κ3) is 4.37. The Balaban J connectivity index is 1.74. The Kier molecular flexibility index (Phi) is 5.41. The summed E-state index contributed by atoms with van der Waals surface area (Å²) >= 11 is 1.78. The predicted molar refractivity (Wildman–Crippen MR) is 95.1 cm³/mol. The number of rotatable bonds is 5. The number of hydrogen-bond acceptors (Lipinski definition) is 3. The summed E-state index contributed by atoms with van der Waals surface area (Å²) in [5, 5.41) is 0.282. The SMILES string of the molecule is O=S(=O)(NC1CCCCC1Sc1ccccc1)c1ccccc1. The molecule has 122 valence electrons. The van der Waals surface area contributed by atoms with Crippen LogP contribution in [-0.4, -0.2) is 19.7 Å². The van der Waals surface area contributed by atoms with Crippen molar-refractivity contribution in [3.8, 4) is 0 Å². The van der Waals surface area contributed by atoms with Crippen molar-refractivity contribution in [3.63, 3.8) is 0 Å². The lowest BCUT2D eigenvalue weighted by atomic mass is 9.96. The van der Waals surface area contributed by atoms with Crippen LogP contribution in [0.2, 0.25) is 0 Å². The molecule has 1 N–H and O–H groups in total. The molecule has 1 saturated carbocycles. The van der Waals surface area contributed by atoms with Crippen molar-refractivity contribution in [1.82, 2.24) is 4.72 Å². The average molecular weight is 348 g/mol. The second-order valence-electron chi connectivity index (χ2n) is 5.79. The molecular weight excluding hydrogens is 326 g/mol. The molecule has 2 unspecified atom stereocenters. The van der Waals surface area contributed by atoms with Gasteiger partial charge in [0, 0.05) is 16.2 Å². The van der Waals surface area contributed by atoms with Crippen molar-refractivity contribution >= 4 is 21.8 Å². The summed E-state index contributed by atoms with van der Waals surface area (Å²) in [6.07, 6.45) is 4.18. The lowest BCUT2D eigenvalue weighted by Crippen LogP contribution is -2.43. The zero-order chi connectivity index (χ0) is 16.1. The highest BCUT2D eigenvalue weighted by atomic mass is 32.2. The molecule has 3 nitrogen and oxygen atoms in total. The Morgan fingerprint density at radius 1 is 0.870 bits per heavy atom. The summed E-state index contributed by atoms with van der Waals surface area (Å²) in [4.78, 5) is 1.54. The smallest absolute Gasteiger partial charge is 0.207 e. The lowest BCUT2D eigenvalue weighted by Gasteiger charge is -2.31. The largest absolute Gasteiger partial charge is 0.240 e. The second-order valence-corrected chi connectivity index (χ2v) is 8.82. The molecule has 5 heteroatoms. The molecule has 0 amide bonds. The molecular formula is C18H21NO2S2. The molecule has 0 saturated heterocycles. The van der Waals surface area contributed by atoms with E-state index in [2.05, 4.69) is 16.9 Å². The fourth-order valence-electron chi connectivity index (χ4n) is 2.91. The standard InChI is InChI=1S/C18H21NO2S2/c20-23(21,16-11-5-2-6-12-16)19-17-13-7-8-14-18(17)22-15-9-3-1-4-10-15/h1-6,9-12,17-19H,7-8,13-14H2. The van der Waals surface area contributed by atoms with E-state index in [-0.39, 0.29) is 11.3 Å². The van der Waals surface area contributed by atoms with Gasteiger partial charge in [-0.15, -0.1) is 11.8 Å². The predicted octanol–water partition coefficient (Wildman–Crippen LogP) is 4.07. The highest BCUT2D eigenvalue weighted by Gasteiger charge is 2.30. The van der Waals surface area contributed by atoms with E-state index in [1.54, 1.807) is 36.0 Å². The van der Waals surface area contributed by atoms with E-state index >= 15 is 0 Å². The van der Waals surface area contributed by atoms with Gasteiger partial charge in [0.2, 0.25) is 10.0 Å². The normalized spacial score (nSPS) is 21.9. The minimum Gasteiger partial charge on any atom is -0.207 e. The number of nitrogens with one attached hydrogen (secondary N) is 1. The van der Waals surface area contributed by atoms with Gasteiger partial charge in [-0.1, -0.05) is 49.2 Å². The van der Waals surface area contributed by atoms with Crippen LogP contribution in [0, 0.1) is 0 Å². The number of sulfonamides is 1. The molecule has 0 bridgehead atoms. The first kappa shape index (κ1) is 16.6. The van der Waals surface area contributed by atoms with Gasteiger partial charge in [-0.25, -0.2) is 13.1 Å². The van der Waals surface area contributed by atoms with E-state index in [1.807, 2.05) is 24.3 Å². The quantitative estimate of drug-likeness (QED) is 0.887. The summed E-state index contributed by atoms with van der Waals surface area (Å²) in [7, 11) is -3.45. The number of thioether (sulfide) groups is 1. The summed E-state index contributed by atoms with van der Waals surface area (Å²) in [6, 6.07) is 18.8. The minimum atomic E-state index is -3.45. The second kappa shape index (κ2) is 7.51. The Bertz CT molecular complexity index is 717. The number of benzene rings is 2. The molecule has 2 aromatic carbocycles. The third-order valence-corrected chi connectivity index (χ3v) is 7.01. The summed E-state index contributed by atoms with van der Waals surface area (Å²) in [5.74, 6) is 0. The van der Waals surface area contributed by atoms with Crippen molar-refractivity contribution in [3.05, 3.63) is 60.7 Å². The van der Waals surface area contributed by atoms with E-state index < -0.39 is 10.0 Å². The Morgan fingerprint density at radius 3 is 2.17 bits per heavy atom. The lowest BCUT2D eigenvalue weighted by molar-refractivity contribution is 0.423. The van der Waals surface area contributed by atoms with Gasteiger partial charge in [-0.05, 0) is 37.1 Å². The van der Waals surface area contributed by atoms with Gasteiger partial charge in [-0.3, -0.25) is 0 Å². The van der Waals surface area contributed by atoms with E-state index in [0.717, 1.165) is 25.7 Å². The summed E-state index contributed by atoms with van der Waals surface area (Å²) in [5.41, 5.74) is 0. The maximum atomic E-state index is 12.6. The summed E-state index contributed by atoms with van der Waals surface area (Å²) < 4.78 is 28.1. The molecule has 1 aliphatic rings. The van der Waals surface area contributed by atoms with Crippen LogP contribution in [0.5, 0.6) is 0 Å². The van der Waals surface area contributed by atoms with Gasteiger partial charge >= 0.3 is 0 Å². The summed E-state index contributed by atoms with van der Waals surface area (Å²) in [6.45, 7) is 0. The van der Waals surface area contributed by atoms with Gasteiger partial charge in [-0.2, -0.15) is 0 Å². The molecule has 3 rings (SSSR count). The van der Waals surface area contributed by atoms with E-state index in [1.165, 1.54) is 4.90 Å². The van der Waals surface area contributed by atoms with Crippen LogP contribution < -0.4 is 4.72 Å². The molecule has 2 aromatic rings. The zero-order valence-corrected chi connectivity index (χ0v) is 14.5. The van der Waals surface area contributed by atoms with Crippen molar-refractivity contribution in [1.29, 1.82) is 0 Å². The first-order valence-electron chi connectivity index (χ1n) is 7.94. The fourth-order valence-corrected chi connectivity index (χ4v) is 5.65. The molecule has 2 atom stereocenters. The van der Waals surface area contributed by atoms with Gasteiger partial charge < -0.3 is 0 Å². The van der Waals surface area contributed by atoms with Crippen molar-refractivity contribution < 1.29 is 8.42 Å². The minimum absolute atomic E-state index is 0.0147. The average Bonchev–Trinajstić information content (AvgIpc) is 2.58. The molecule has 0 heterocycles. The van der Waals surface area contributed by atoms with Gasteiger partial charge in [0.25, 0.3) is 0 Å². The van der Waals surface area contributed by atoms with Gasteiger partial charge in [0.1, 0.15) is 0 Å². The molecule has 0 spiro atoms. The highest BCUT2D eigenvalue weighted by Crippen LogP contribution is 2.34. The zero-order valence-electron chi connectivity index (χ0n) is 12.9. The van der Waals surface area contributed by atoms with Crippen molar-refractivity contribution in [2.75, 3.05) is 0 Å². The third-order valence-electron chi connectivity index (χ3n) is 4.09. The molecule has 0 aliphatic heterocycles. The Labute approximate surface area is 142 Å². The fraction of sp³-hybridized carbons (Fsp3) is 0.333. The van der Waals surface area contributed by atoms with Crippen LogP contribution in [0.4, 0.5) is 0 Å². The maximum Gasteiger partial charge on any atom is 0.240 e. The van der Waals surface area contributed by atoms with Crippen LogP contribution in [0.1, 0.15) is 25.7 Å². The molecule has 1 aliphatic carbocycles. The van der Waals surface area contributed by atoms with E-state index in [9.17, 15) is 8.42 Å². The first-order valence-corrected chi connectivity index (χ1v) is 10.3. The van der Waals surface area contributed by atoms with Crippen LogP contribution in [0.25, 0.3) is 0 Å². The van der Waals surface area contributed by atoms with Gasteiger partial charge in [0.15, 0.2) is 0 Å². The van der Waals surface area contributed by atoms with Crippen LogP contribution in [-0.2, 0) is 10.0 Å². The maximum absolute atomic E-state index is 12.6. The topological polar surface area (TPSA) is 46.2 Å². The first-order chi connectivity index (χ1) is 11.1. The monoisotopic (exact) mass is 347 g/mol. The molecule has 1 fully saturated rings. The van der Waals surface area contributed by atoms with Gasteiger partial charge in [0.05, 0.1) is 4.90 Å². The highest BCUT2D eigenvalue weighted by molar-refractivity contribution is 8.00. The molecule has 23 heavy (non-hydrogen) atoms. The van der Waals surface area contributed by atoms with Crippen LogP contribution >= 0.6 is 11.8 Å². The molecule has 0 radical (unpaired) electrons.